The standard InChI is InChI=1S/C30H32ClF3N4O4S/c1-17(2)10-22(36-27(40)42-29(3,4)5)16-37-26(39)25(43-28(37)41)12-18-6-9-24-20(11-18)14-35-38(24)15-19-7-8-21(31)13-23(19)30(32,33)34/h6-9,11-14,17,22H,10,15-16H2,1-5H3,(H,36,40)/t22-/m0/s1. The third-order valence-electron chi connectivity index (χ3n) is 6.41. The van der Waals surface area contributed by atoms with E-state index in [-0.39, 0.29) is 34.5 Å². The molecule has 4 rings (SSSR count). The lowest BCUT2D eigenvalue weighted by atomic mass is 10.0. The number of amides is 3. The Hall–Kier alpha value is -3.51. The second-order valence-electron chi connectivity index (χ2n) is 11.7. The summed E-state index contributed by atoms with van der Waals surface area (Å²) in [4.78, 5) is 39.7. The van der Waals surface area contributed by atoms with Crippen LogP contribution in [-0.4, -0.2) is 50.1 Å². The number of halogens is 4. The Morgan fingerprint density at radius 3 is 2.51 bits per heavy atom. The van der Waals surface area contributed by atoms with Crippen LogP contribution in [-0.2, 0) is 22.3 Å². The predicted molar refractivity (Wildman–Crippen MR) is 161 cm³/mol. The van der Waals surface area contributed by atoms with Crippen molar-refractivity contribution in [2.75, 3.05) is 6.54 Å². The van der Waals surface area contributed by atoms with Crippen molar-refractivity contribution in [1.29, 1.82) is 0 Å². The minimum atomic E-state index is -4.57. The Kier molecular flexibility index (Phi) is 9.51. The fourth-order valence-corrected chi connectivity index (χ4v) is 5.71. The first-order valence-corrected chi connectivity index (χ1v) is 14.8. The van der Waals surface area contributed by atoms with E-state index in [0.29, 0.717) is 22.9 Å². The van der Waals surface area contributed by atoms with E-state index in [9.17, 15) is 27.6 Å². The number of alkyl halides is 3. The molecular formula is C30H32ClF3N4O4S. The predicted octanol–water partition coefficient (Wildman–Crippen LogP) is 7.73. The number of ether oxygens (including phenoxy) is 1. The Bertz CT molecular complexity index is 1580. The zero-order valence-electron chi connectivity index (χ0n) is 24.3. The van der Waals surface area contributed by atoms with Crippen molar-refractivity contribution in [3.05, 3.63) is 69.2 Å². The van der Waals surface area contributed by atoms with Crippen LogP contribution in [0.1, 0.15) is 57.7 Å². The number of hydrogen-bond donors (Lipinski definition) is 1. The van der Waals surface area contributed by atoms with Crippen LogP contribution in [0.4, 0.5) is 22.8 Å². The Labute approximate surface area is 256 Å². The molecule has 2 heterocycles. The van der Waals surface area contributed by atoms with E-state index in [1.54, 1.807) is 45.0 Å². The first-order chi connectivity index (χ1) is 20.0. The molecule has 3 amide bonds. The Balaban J connectivity index is 1.51. The third-order valence-corrected chi connectivity index (χ3v) is 7.56. The van der Waals surface area contributed by atoms with E-state index in [2.05, 4.69) is 10.4 Å². The van der Waals surface area contributed by atoms with Crippen molar-refractivity contribution in [2.45, 2.75) is 65.4 Å². The molecule has 2 aromatic carbocycles. The van der Waals surface area contributed by atoms with E-state index in [1.165, 1.54) is 23.0 Å². The van der Waals surface area contributed by atoms with E-state index < -0.39 is 40.6 Å². The molecule has 1 N–H and O–H groups in total. The average molecular weight is 637 g/mol. The maximum Gasteiger partial charge on any atom is 0.416 e. The summed E-state index contributed by atoms with van der Waals surface area (Å²) in [5.74, 6) is -0.296. The molecule has 1 aliphatic rings. The molecule has 1 aromatic heterocycles. The number of nitrogens with zero attached hydrogens (tertiary/aromatic N) is 3. The molecule has 3 aromatic rings. The number of hydrogen-bond acceptors (Lipinski definition) is 6. The molecule has 0 bridgehead atoms. The molecule has 0 spiro atoms. The number of alkyl carbamates (subject to hydrolysis) is 1. The average Bonchev–Trinajstić information content (AvgIpc) is 3.38. The number of carbonyl (C=O) groups is 3. The van der Waals surface area contributed by atoms with Gasteiger partial charge in [0.25, 0.3) is 11.1 Å². The highest BCUT2D eigenvalue weighted by molar-refractivity contribution is 8.18. The monoisotopic (exact) mass is 636 g/mol. The number of benzene rings is 2. The van der Waals surface area contributed by atoms with Gasteiger partial charge in [-0.05, 0) is 86.3 Å². The maximum atomic E-state index is 13.6. The lowest BCUT2D eigenvalue weighted by molar-refractivity contribution is -0.138. The van der Waals surface area contributed by atoms with Crippen molar-refractivity contribution in [2.24, 2.45) is 5.92 Å². The minimum absolute atomic E-state index is 0.00412. The molecule has 1 atom stereocenters. The zero-order chi connectivity index (χ0) is 31.7. The van der Waals surface area contributed by atoms with E-state index in [4.69, 9.17) is 16.3 Å². The van der Waals surface area contributed by atoms with Crippen LogP contribution >= 0.6 is 23.4 Å². The van der Waals surface area contributed by atoms with Crippen LogP contribution in [0.2, 0.25) is 5.02 Å². The first-order valence-electron chi connectivity index (χ1n) is 13.6. The minimum Gasteiger partial charge on any atom is -0.444 e. The molecule has 43 heavy (non-hydrogen) atoms. The molecule has 1 fully saturated rings. The molecule has 13 heteroatoms. The number of aromatic nitrogens is 2. The second-order valence-corrected chi connectivity index (χ2v) is 13.1. The molecule has 0 unspecified atom stereocenters. The van der Waals surface area contributed by atoms with Crippen LogP contribution < -0.4 is 5.32 Å². The smallest absolute Gasteiger partial charge is 0.416 e. The number of fused-ring (bicyclic) bond motifs is 1. The fraction of sp³-hybridized carbons (Fsp3) is 0.400. The van der Waals surface area contributed by atoms with Gasteiger partial charge in [-0.15, -0.1) is 0 Å². The number of rotatable bonds is 8. The summed E-state index contributed by atoms with van der Waals surface area (Å²) in [7, 11) is 0. The molecule has 8 nitrogen and oxygen atoms in total. The molecule has 1 aliphatic heterocycles. The van der Waals surface area contributed by atoms with E-state index in [1.807, 2.05) is 13.8 Å². The summed E-state index contributed by atoms with van der Waals surface area (Å²) in [6.07, 6.45) is -1.55. The highest BCUT2D eigenvalue weighted by atomic mass is 35.5. The maximum absolute atomic E-state index is 13.6. The Morgan fingerprint density at radius 1 is 1.14 bits per heavy atom. The van der Waals surface area contributed by atoms with Gasteiger partial charge in [0.2, 0.25) is 0 Å². The number of carbonyl (C=O) groups excluding carboxylic acids is 3. The molecule has 0 radical (unpaired) electrons. The number of thioether (sulfide) groups is 1. The van der Waals surface area contributed by atoms with Gasteiger partial charge in [-0.2, -0.15) is 18.3 Å². The summed E-state index contributed by atoms with van der Waals surface area (Å²) in [5, 5.41) is 7.23. The van der Waals surface area contributed by atoms with Crippen LogP contribution in [0.25, 0.3) is 17.0 Å². The lowest BCUT2D eigenvalue weighted by Crippen LogP contribution is -2.47. The van der Waals surface area contributed by atoms with Crippen molar-refractivity contribution in [1.82, 2.24) is 20.0 Å². The van der Waals surface area contributed by atoms with Gasteiger partial charge in [-0.25, -0.2) is 4.79 Å². The fourth-order valence-electron chi connectivity index (χ4n) is 4.68. The van der Waals surface area contributed by atoms with Gasteiger partial charge in [-0.1, -0.05) is 37.6 Å². The summed E-state index contributed by atoms with van der Waals surface area (Å²) in [6, 6.07) is 8.28. The van der Waals surface area contributed by atoms with Crippen molar-refractivity contribution in [3.8, 4) is 0 Å². The number of nitrogens with one attached hydrogen (secondary N) is 1. The molecular weight excluding hydrogens is 605 g/mol. The topological polar surface area (TPSA) is 93.5 Å². The van der Waals surface area contributed by atoms with Crippen molar-refractivity contribution >= 4 is 57.6 Å². The quantitative estimate of drug-likeness (QED) is 0.254. The van der Waals surface area contributed by atoms with Gasteiger partial charge in [0.1, 0.15) is 5.60 Å². The van der Waals surface area contributed by atoms with Gasteiger partial charge in [-0.3, -0.25) is 19.2 Å². The summed E-state index contributed by atoms with van der Waals surface area (Å²) >= 11 is 6.60. The van der Waals surface area contributed by atoms with E-state index >= 15 is 0 Å². The SMILES string of the molecule is CC(C)C[C@@H](CN1C(=O)SC(=Cc2ccc3c(cnn3Cc3ccc(Cl)cc3C(F)(F)F)c2)C1=O)NC(=O)OC(C)(C)C. The van der Waals surface area contributed by atoms with Gasteiger partial charge in [0, 0.05) is 10.4 Å². The third kappa shape index (κ3) is 8.32. The summed E-state index contributed by atoms with van der Waals surface area (Å²) < 4.78 is 47.5. The van der Waals surface area contributed by atoms with Gasteiger partial charge >= 0.3 is 12.3 Å². The van der Waals surface area contributed by atoms with Crippen molar-refractivity contribution in [3.63, 3.8) is 0 Å². The van der Waals surface area contributed by atoms with Crippen molar-refractivity contribution < 1.29 is 32.3 Å². The molecule has 230 valence electrons. The van der Waals surface area contributed by atoms with Gasteiger partial charge in [0.15, 0.2) is 0 Å². The van der Waals surface area contributed by atoms with Gasteiger partial charge in [0.05, 0.1) is 41.3 Å². The van der Waals surface area contributed by atoms with Crippen LogP contribution in [0.15, 0.2) is 47.5 Å². The Morgan fingerprint density at radius 2 is 1.86 bits per heavy atom. The highest BCUT2D eigenvalue weighted by Crippen LogP contribution is 2.35. The molecule has 0 saturated carbocycles. The highest BCUT2D eigenvalue weighted by Gasteiger charge is 2.37. The van der Waals surface area contributed by atoms with E-state index in [0.717, 1.165) is 22.7 Å². The lowest BCUT2D eigenvalue weighted by Gasteiger charge is -2.26. The normalized spacial score (nSPS) is 16.0. The number of imide groups is 1. The molecule has 0 aliphatic carbocycles. The summed E-state index contributed by atoms with van der Waals surface area (Å²) in [6.45, 7) is 9.06. The van der Waals surface area contributed by atoms with Crippen LogP contribution in [0.3, 0.4) is 0 Å². The van der Waals surface area contributed by atoms with Gasteiger partial charge < -0.3 is 10.1 Å². The largest absolute Gasteiger partial charge is 0.444 e. The van der Waals surface area contributed by atoms with Crippen LogP contribution in [0.5, 0.6) is 0 Å². The zero-order valence-corrected chi connectivity index (χ0v) is 25.9. The first kappa shape index (κ1) is 32.4. The summed E-state index contributed by atoms with van der Waals surface area (Å²) in [5.41, 5.74) is -0.287. The second kappa shape index (κ2) is 12.6. The molecule has 1 saturated heterocycles. The van der Waals surface area contributed by atoms with Crippen LogP contribution in [0, 0.1) is 5.92 Å².